The van der Waals surface area contributed by atoms with E-state index in [-0.39, 0.29) is 17.4 Å². The first kappa shape index (κ1) is 15.9. The molecule has 1 unspecified atom stereocenters. The van der Waals surface area contributed by atoms with Gasteiger partial charge in [0.15, 0.2) is 0 Å². The lowest BCUT2D eigenvalue weighted by molar-refractivity contribution is 0.0643. The molecule has 1 N–H and O–H groups in total. The number of halogens is 2. The highest BCUT2D eigenvalue weighted by atomic mass is 19.3. The van der Waals surface area contributed by atoms with Gasteiger partial charge in [0, 0.05) is 13.1 Å². The van der Waals surface area contributed by atoms with Crippen molar-refractivity contribution in [3.63, 3.8) is 0 Å². The van der Waals surface area contributed by atoms with Crippen molar-refractivity contribution in [2.24, 2.45) is 0 Å². The number of rotatable bonds is 3. The molecule has 0 radical (unpaired) electrons. The molecule has 0 spiro atoms. The molecule has 0 fully saturated rings. The molecule has 1 atom stereocenters. The molecule has 1 aromatic carbocycles. The van der Waals surface area contributed by atoms with Crippen LogP contribution in [-0.4, -0.2) is 24.4 Å². The van der Waals surface area contributed by atoms with E-state index < -0.39 is 6.55 Å². The Kier molecular flexibility index (Phi) is 3.64. The highest BCUT2D eigenvalue weighted by Crippen LogP contribution is 2.32. The Bertz CT molecular complexity index is 1010. The first-order valence-corrected chi connectivity index (χ1v) is 8.03. The van der Waals surface area contributed by atoms with Crippen LogP contribution < -0.4 is 5.56 Å². The molecule has 3 heterocycles. The summed E-state index contributed by atoms with van der Waals surface area (Å²) in [7, 11) is 0. The second kappa shape index (κ2) is 5.73. The van der Waals surface area contributed by atoms with Crippen molar-refractivity contribution in [2.45, 2.75) is 39.5 Å². The van der Waals surface area contributed by atoms with Gasteiger partial charge in [0.05, 0.1) is 28.3 Å². The number of para-hydroxylation sites is 2. The summed E-state index contributed by atoms with van der Waals surface area (Å²) in [5, 5.41) is 0. The quantitative estimate of drug-likeness (QED) is 0.793. The number of benzene rings is 1. The lowest BCUT2D eigenvalue weighted by Gasteiger charge is -2.23. The number of aromatic amines is 1. The molecule has 1 aliphatic rings. The van der Waals surface area contributed by atoms with E-state index in [9.17, 15) is 13.6 Å². The van der Waals surface area contributed by atoms with Gasteiger partial charge in [-0.3, -0.25) is 14.3 Å². The van der Waals surface area contributed by atoms with Crippen LogP contribution in [0.15, 0.2) is 29.1 Å². The van der Waals surface area contributed by atoms with E-state index in [2.05, 4.69) is 15.0 Å². The standard InChI is InChI=1S/C17H17F2N5O/c1-9(23-7-11-13(8-23)20-10(2)21-16(11)25)15-22-12-5-3-4-6-14(12)24(15)17(18)19/h3-6,9,17H,7-8H2,1-2H3,(H,20,21,25). The zero-order valence-corrected chi connectivity index (χ0v) is 13.8. The van der Waals surface area contributed by atoms with Crippen LogP contribution in [0.3, 0.4) is 0 Å². The predicted molar refractivity (Wildman–Crippen MR) is 88.2 cm³/mol. The molecule has 2 aromatic heterocycles. The van der Waals surface area contributed by atoms with E-state index in [0.717, 1.165) is 4.57 Å². The summed E-state index contributed by atoms with van der Waals surface area (Å²) in [6.45, 7) is 1.68. The van der Waals surface area contributed by atoms with Crippen molar-refractivity contribution in [3.05, 3.63) is 57.5 Å². The van der Waals surface area contributed by atoms with Crippen molar-refractivity contribution >= 4 is 11.0 Å². The van der Waals surface area contributed by atoms with E-state index in [0.29, 0.717) is 41.2 Å². The first-order valence-electron chi connectivity index (χ1n) is 8.03. The highest BCUT2D eigenvalue weighted by Gasteiger charge is 2.31. The molecule has 0 saturated heterocycles. The van der Waals surface area contributed by atoms with Gasteiger partial charge in [-0.05, 0) is 26.0 Å². The third-order valence-electron chi connectivity index (χ3n) is 4.67. The maximum atomic E-state index is 13.7. The number of H-pyrrole nitrogens is 1. The van der Waals surface area contributed by atoms with Crippen molar-refractivity contribution < 1.29 is 8.78 Å². The maximum absolute atomic E-state index is 13.7. The van der Waals surface area contributed by atoms with E-state index in [1.165, 1.54) is 0 Å². The number of nitrogens with zero attached hydrogens (tertiary/aromatic N) is 4. The van der Waals surface area contributed by atoms with Gasteiger partial charge in [-0.2, -0.15) is 8.78 Å². The molecule has 6 nitrogen and oxygen atoms in total. The Balaban J connectivity index is 1.74. The minimum Gasteiger partial charge on any atom is -0.310 e. The van der Waals surface area contributed by atoms with Gasteiger partial charge < -0.3 is 4.98 Å². The Morgan fingerprint density at radius 3 is 2.72 bits per heavy atom. The molecular weight excluding hydrogens is 328 g/mol. The number of imidazole rings is 1. The molecular formula is C17H17F2N5O. The van der Waals surface area contributed by atoms with Crippen LogP contribution in [0.2, 0.25) is 0 Å². The lowest BCUT2D eigenvalue weighted by Crippen LogP contribution is -2.25. The van der Waals surface area contributed by atoms with Crippen LogP contribution in [0.1, 0.15) is 42.4 Å². The molecule has 3 aromatic rings. The fourth-order valence-corrected chi connectivity index (χ4v) is 3.41. The van der Waals surface area contributed by atoms with Crippen molar-refractivity contribution in [2.75, 3.05) is 0 Å². The van der Waals surface area contributed by atoms with E-state index in [1.807, 2.05) is 11.8 Å². The van der Waals surface area contributed by atoms with Gasteiger partial charge in [0.2, 0.25) is 0 Å². The molecule has 25 heavy (non-hydrogen) atoms. The number of hydrogen-bond donors (Lipinski definition) is 1. The van der Waals surface area contributed by atoms with Crippen LogP contribution in [0, 0.1) is 6.92 Å². The molecule has 4 rings (SSSR count). The molecule has 0 amide bonds. The second-order valence-electron chi connectivity index (χ2n) is 6.26. The van der Waals surface area contributed by atoms with Gasteiger partial charge in [-0.1, -0.05) is 12.1 Å². The summed E-state index contributed by atoms with van der Waals surface area (Å²) in [6.07, 6.45) is 0. The number of aromatic nitrogens is 4. The average molecular weight is 345 g/mol. The van der Waals surface area contributed by atoms with Crippen LogP contribution in [0.25, 0.3) is 11.0 Å². The van der Waals surface area contributed by atoms with Gasteiger partial charge in [-0.25, -0.2) is 9.97 Å². The molecule has 0 saturated carbocycles. The van der Waals surface area contributed by atoms with Gasteiger partial charge in [-0.15, -0.1) is 0 Å². The van der Waals surface area contributed by atoms with Crippen molar-refractivity contribution in [3.8, 4) is 0 Å². The molecule has 0 aliphatic carbocycles. The van der Waals surface area contributed by atoms with Crippen LogP contribution >= 0.6 is 0 Å². The Hall–Kier alpha value is -2.61. The summed E-state index contributed by atoms with van der Waals surface area (Å²) in [5.41, 5.74) is 2.07. The summed E-state index contributed by atoms with van der Waals surface area (Å²) < 4.78 is 28.3. The average Bonchev–Trinajstić information content (AvgIpc) is 3.15. The minimum absolute atomic E-state index is 0.167. The third-order valence-corrected chi connectivity index (χ3v) is 4.67. The summed E-state index contributed by atoms with van der Waals surface area (Å²) in [4.78, 5) is 25.5. The van der Waals surface area contributed by atoms with Crippen LogP contribution in [0.4, 0.5) is 8.78 Å². The Labute approximate surface area is 142 Å². The smallest absolute Gasteiger partial charge is 0.310 e. The number of fused-ring (bicyclic) bond motifs is 2. The summed E-state index contributed by atoms with van der Waals surface area (Å²) >= 11 is 0. The van der Waals surface area contributed by atoms with E-state index in [4.69, 9.17) is 0 Å². The fraction of sp³-hybridized carbons (Fsp3) is 0.353. The molecule has 130 valence electrons. The summed E-state index contributed by atoms with van der Waals surface area (Å²) in [6, 6.07) is 6.47. The topological polar surface area (TPSA) is 66.8 Å². The fourth-order valence-electron chi connectivity index (χ4n) is 3.41. The normalized spacial score (nSPS) is 15.9. The largest absolute Gasteiger partial charge is 0.320 e. The maximum Gasteiger partial charge on any atom is 0.320 e. The second-order valence-corrected chi connectivity index (χ2v) is 6.26. The monoisotopic (exact) mass is 345 g/mol. The first-order chi connectivity index (χ1) is 12.0. The molecule has 0 bridgehead atoms. The zero-order valence-electron chi connectivity index (χ0n) is 13.8. The van der Waals surface area contributed by atoms with Gasteiger partial charge in [0.25, 0.3) is 5.56 Å². The Morgan fingerprint density at radius 2 is 1.96 bits per heavy atom. The van der Waals surface area contributed by atoms with Crippen molar-refractivity contribution in [1.29, 1.82) is 0 Å². The van der Waals surface area contributed by atoms with Crippen molar-refractivity contribution in [1.82, 2.24) is 24.4 Å². The molecule has 1 aliphatic heterocycles. The van der Waals surface area contributed by atoms with Gasteiger partial charge >= 0.3 is 6.55 Å². The van der Waals surface area contributed by atoms with Gasteiger partial charge in [0.1, 0.15) is 11.6 Å². The zero-order chi connectivity index (χ0) is 17.7. The SMILES string of the molecule is Cc1nc2c(c(=O)[nH]1)CN(C(C)c1nc3ccccc3n1C(F)F)C2. The lowest BCUT2D eigenvalue weighted by atomic mass is 10.2. The predicted octanol–water partition coefficient (Wildman–Crippen LogP) is 2.90. The third kappa shape index (κ3) is 2.53. The Morgan fingerprint density at radius 1 is 1.20 bits per heavy atom. The minimum atomic E-state index is -2.68. The van der Waals surface area contributed by atoms with E-state index in [1.54, 1.807) is 31.2 Å². The van der Waals surface area contributed by atoms with Crippen LogP contribution in [0.5, 0.6) is 0 Å². The number of alkyl halides is 2. The summed E-state index contributed by atoms with van der Waals surface area (Å²) in [5.74, 6) is 0.843. The highest BCUT2D eigenvalue weighted by molar-refractivity contribution is 5.76. The molecule has 8 heteroatoms. The number of aryl methyl sites for hydroxylation is 1. The number of hydrogen-bond acceptors (Lipinski definition) is 4. The van der Waals surface area contributed by atoms with Crippen LogP contribution in [-0.2, 0) is 13.1 Å². The van der Waals surface area contributed by atoms with E-state index >= 15 is 0 Å². The number of nitrogens with one attached hydrogen (secondary N) is 1.